The second-order valence-corrected chi connectivity index (χ2v) is 8.76. The standard InChI is InChI=1S/C27H20BrFN2O2/c1-33-20-10-6-16(7-11-20)17-8-12-21-25(13-17)31(15-18-5-9-19(28)14-23(18)29)24-4-2-3-22(26(21)24)27(30)32/h2-14H,15H2,1H3,(H2,30,32). The maximum absolute atomic E-state index is 14.7. The maximum Gasteiger partial charge on any atom is 0.249 e. The third-order valence-corrected chi connectivity index (χ3v) is 6.42. The first-order chi connectivity index (χ1) is 16.0. The van der Waals surface area contributed by atoms with Crippen LogP contribution in [0.4, 0.5) is 4.39 Å². The molecule has 5 rings (SSSR count). The van der Waals surface area contributed by atoms with Gasteiger partial charge in [-0.15, -0.1) is 0 Å². The summed E-state index contributed by atoms with van der Waals surface area (Å²) in [6.07, 6.45) is 0. The lowest BCUT2D eigenvalue weighted by Gasteiger charge is -2.10. The van der Waals surface area contributed by atoms with Gasteiger partial charge in [-0.1, -0.05) is 52.3 Å². The molecule has 0 bridgehead atoms. The molecule has 1 aromatic heterocycles. The zero-order valence-electron chi connectivity index (χ0n) is 17.8. The van der Waals surface area contributed by atoms with Gasteiger partial charge in [0.1, 0.15) is 11.6 Å². The number of hydrogen-bond acceptors (Lipinski definition) is 2. The Hall–Kier alpha value is -3.64. The SMILES string of the molecule is COc1ccc(-c2ccc3c4c(C(N)=O)cccc4n(Cc4ccc(Br)cc4F)c3c2)cc1. The van der Waals surface area contributed by atoms with Crippen LogP contribution in [-0.4, -0.2) is 17.6 Å². The van der Waals surface area contributed by atoms with Gasteiger partial charge in [-0.05, 0) is 53.6 Å². The smallest absolute Gasteiger partial charge is 0.249 e. The van der Waals surface area contributed by atoms with Gasteiger partial charge in [0.2, 0.25) is 5.91 Å². The van der Waals surface area contributed by atoms with Crippen LogP contribution < -0.4 is 10.5 Å². The van der Waals surface area contributed by atoms with Gasteiger partial charge in [0.25, 0.3) is 0 Å². The number of primary amides is 1. The fourth-order valence-electron chi connectivity index (χ4n) is 4.30. The molecule has 6 heteroatoms. The van der Waals surface area contributed by atoms with Crippen molar-refractivity contribution >= 4 is 43.6 Å². The van der Waals surface area contributed by atoms with Crippen LogP contribution in [0.1, 0.15) is 15.9 Å². The quantitative estimate of drug-likeness (QED) is 0.297. The van der Waals surface area contributed by atoms with E-state index in [1.807, 2.05) is 53.1 Å². The Morgan fingerprint density at radius 3 is 2.42 bits per heavy atom. The highest BCUT2D eigenvalue weighted by Crippen LogP contribution is 2.35. The molecule has 1 heterocycles. The summed E-state index contributed by atoms with van der Waals surface area (Å²) in [7, 11) is 1.64. The summed E-state index contributed by atoms with van der Waals surface area (Å²) in [6.45, 7) is 0.313. The summed E-state index contributed by atoms with van der Waals surface area (Å²) in [6, 6.07) is 24.4. The third-order valence-electron chi connectivity index (χ3n) is 5.92. The molecule has 164 valence electrons. The predicted octanol–water partition coefficient (Wildman–Crippen LogP) is 6.52. The summed E-state index contributed by atoms with van der Waals surface area (Å²) in [5.41, 5.74) is 10.5. The number of halogens is 2. The molecule has 4 nitrogen and oxygen atoms in total. The minimum Gasteiger partial charge on any atom is -0.497 e. The van der Waals surface area contributed by atoms with Crippen molar-refractivity contribution in [2.75, 3.05) is 7.11 Å². The molecule has 0 aliphatic heterocycles. The monoisotopic (exact) mass is 502 g/mol. The average molecular weight is 503 g/mol. The minimum absolute atomic E-state index is 0.295. The van der Waals surface area contributed by atoms with E-state index in [2.05, 4.69) is 22.0 Å². The van der Waals surface area contributed by atoms with Gasteiger partial charge in [-0.2, -0.15) is 0 Å². The number of fused-ring (bicyclic) bond motifs is 3. The Labute approximate surface area is 198 Å². The summed E-state index contributed by atoms with van der Waals surface area (Å²) in [4.78, 5) is 12.2. The second-order valence-electron chi connectivity index (χ2n) is 7.85. The highest BCUT2D eigenvalue weighted by Gasteiger charge is 2.18. The van der Waals surface area contributed by atoms with Crippen molar-refractivity contribution in [3.63, 3.8) is 0 Å². The first-order valence-corrected chi connectivity index (χ1v) is 11.2. The molecule has 4 aromatic carbocycles. The average Bonchev–Trinajstić information content (AvgIpc) is 3.13. The molecule has 0 spiro atoms. The van der Waals surface area contributed by atoms with Crippen LogP contribution >= 0.6 is 15.9 Å². The van der Waals surface area contributed by atoms with Crippen molar-refractivity contribution in [3.05, 3.63) is 100 Å². The van der Waals surface area contributed by atoms with E-state index in [1.54, 1.807) is 25.3 Å². The van der Waals surface area contributed by atoms with Gasteiger partial charge in [0.05, 0.1) is 24.7 Å². The lowest BCUT2D eigenvalue weighted by Crippen LogP contribution is -2.11. The number of hydrogen-bond donors (Lipinski definition) is 1. The molecule has 0 radical (unpaired) electrons. The third kappa shape index (κ3) is 3.76. The normalized spacial score (nSPS) is 11.2. The van der Waals surface area contributed by atoms with Gasteiger partial charge in [0, 0.05) is 26.4 Å². The van der Waals surface area contributed by atoms with Crippen molar-refractivity contribution < 1.29 is 13.9 Å². The minimum atomic E-state index is -0.492. The summed E-state index contributed by atoms with van der Waals surface area (Å²) in [5.74, 6) is -0.00352. The molecule has 0 saturated carbocycles. The van der Waals surface area contributed by atoms with E-state index < -0.39 is 5.91 Å². The summed E-state index contributed by atoms with van der Waals surface area (Å²) in [5, 5.41) is 1.67. The van der Waals surface area contributed by atoms with Gasteiger partial charge in [-0.25, -0.2) is 4.39 Å². The van der Waals surface area contributed by atoms with E-state index in [0.717, 1.165) is 38.7 Å². The fourth-order valence-corrected chi connectivity index (χ4v) is 4.64. The van der Waals surface area contributed by atoms with Crippen molar-refractivity contribution in [2.45, 2.75) is 6.54 Å². The molecule has 2 N–H and O–H groups in total. The van der Waals surface area contributed by atoms with Crippen LogP contribution in [0.25, 0.3) is 32.9 Å². The van der Waals surface area contributed by atoms with Gasteiger partial charge >= 0.3 is 0 Å². The first kappa shape index (κ1) is 21.2. The van der Waals surface area contributed by atoms with E-state index >= 15 is 0 Å². The molecule has 0 unspecified atom stereocenters. The fraction of sp³-hybridized carbons (Fsp3) is 0.0741. The van der Waals surface area contributed by atoms with Crippen LogP contribution in [-0.2, 0) is 6.54 Å². The maximum atomic E-state index is 14.7. The molecule has 0 aliphatic carbocycles. The lowest BCUT2D eigenvalue weighted by atomic mass is 10.0. The van der Waals surface area contributed by atoms with Crippen LogP contribution in [0.5, 0.6) is 5.75 Å². The number of amides is 1. The molecular weight excluding hydrogens is 483 g/mol. The van der Waals surface area contributed by atoms with Crippen LogP contribution in [0.3, 0.4) is 0 Å². The largest absolute Gasteiger partial charge is 0.497 e. The zero-order chi connectivity index (χ0) is 23.1. The highest BCUT2D eigenvalue weighted by molar-refractivity contribution is 9.10. The predicted molar refractivity (Wildman–Crippen MR) is 133 cm³/mol. The van der Waals surface area contributed by atoms with Crippen molar-refractivity contribution in [2.24, 2.45) is 5.73 Å². The Bertz CT molecular complexity index is 1520. The number of benzene rings is 4. The number of carbonyl (C=O) groups excluding carboxylic acids is 1. The van der Waals surface area contributed by atoms with Gasteiger partial charge in [0.15, 0.2) is 0 Å². The Balaban J connectivity index is 1.77. The molecule has 0 aliphatic rings. The summed E-state index contributed by atoms with van der Waals surface area (Å²) < 4.78 is 22.7. The molecule has 5 aromatic rings. The number of carbonyl (C=O) groups is 1. The number of nitrogens with zero attached hydrogens (tertiary/aromatic N) is 1. The molecule has 0 saturated heterocycles. The molecular formula is C27H20BrFN2O2. The topological polar surface area (TPSA) is 57.2 Å². The van der Waals surface area contributed by atoms with Crippen LogP contribution in [0.15, 0.2) is 83.3 Å². The number of nitrogens with two attached hydrogens (primary N) is 1. The highest BCUT2D eigenvalue weighted by atomic mass is 79.9. The second kappa shape index (κ2) is 8.37. The van der Waals surface area contributed by atoms with Crippen molar-refractivity contribution in [1.82, 2.24) is 4.57 Å². The Morgan fingerprint density at radius 2 is 1.73 bits per heavy atom. The van der Waals surface area contributed by atoms with E-state index in [1.165, 1.54) is 6.07 Å². The van der Waals surface area contributed by atoms with E-state index in [-0.39, 0.29) is 5.82 Å². The van der Waals surface area contributed by atoms with Gasteiger partial charge < -0.3 is 15.0 Å². The Kier molecular flexibility index (Phi) is 5.38. The molecule has 0 fully saturated rings. The van der Waals surface area contributed by atoms with Gasteiger partial charge in [-0.3, -0.25) is 4.79 Å². The molecule has 33 heavy (non-hydrogen) atoms. The lowest BCUT2D eigenvalue weighted by molar-refractivity contribution is 0.100. The number of methoxy groups -OCH3 is 1. The van der Waals surface area contributed by atoms with E-state index in [9.17, 15) is 9.18 Å². The van der Waals surface area contributed by atoms with Crippen molar-refractivity contribution in [1.29, 1.82) is 0 Å². The summed E-state index contributed by atoms with van der Waals surface area (Å²) >= 11 is 3.32. The van der Waals surface area contributed by atoms with E-state index in [4.69, 9.17) is 10.5 Å². The van der Waals surface area contributed by atoms with Crippen LogP contribution in [0, 0.1) is 5.82 Å². The zero-order valence-corrected chi connectivity index (χ0v) is 19.4. The van der Waals surface area contributed by atoms with Crippen molar-refractivity contribution in [3.8, 4) is 16.9 Å². The first-order valence-electron chi connectivity index (χ1n) is 10.4. The molecule has 0 atom stereocenters. The number of aromatic nitrogens is 1. The van der Waals surface area contributed by atoms with Crippen LogP contribution in [0.2, 0.25) is 0 Å². The number of ether oxygens (including phenoxy) is 1. The molecule has 1 amide bonds. The number of rotatable bonds is 5. The Morgan fingerprint density at radius 1 is 0.970 bits per heavy atom. The van der Waals surface area contributed by atoms with E-state index in [0.29, 0.717) is 22.1 Å².